The Morgan fingerprint density at radius 1 is 1.23 bits per heavy atom. The lowest BCUT2D eigenvalue weighted by atomic mass is 9.85. The highest BCUT2D eigenvalue weighted by Gasteiger charge is 2.31. The highest BCUT2D eigenvalue weighted by Crippen LogP contribution is 2.29. The average Bonchev–Trinajstić information content (AvgIpc) is 3.36. The minimum absolute atomic E-state index is 0.121. The molecular weight excluding hydrogens is 510 g/mol. The van der Waals surface area contributed by atoms with E-state index < -0.39 is 9.21 Å². The summed E-state index contributed by atoms with van der Waals surface area (Å²) in [6.45, 7) is 5.26. The van der Waals surface area contributed by atoms with E-state index in [4.69, 9.17) is 9.72 Å². The van der Waals surface area contributed by atoms with E-state index in [0.717, 1.165) is 74.1 Å². The predicted octanol–water partition coefficient (Wildman–Crippen LogP) is 3.67. The molecule has 2 N–H and O–H groups in total. The Morgan fingerprint density at radius 2 is 2.05 bits per heavy atom. The van der Waals surface area contributed by atoms with Gasteiger partial charge in [-0.05, 0) is 63.2 Å². The first-order valence-electron chi connectivity index (χ1n) is 13.9. The molecule has 0 spiro atoms. The van der Waals surface area contributed by atoms with Crippen molar-refractivity contribution in [3.63, 3.8) is 0 Å². The van der Waals surface area contributed by atoms with Gasteiger partial charge in [-0.1, -0.05) is 17.8 Å². The molecule has 1 aromatic carbocycles. The van der Waals surface area contributed by atoms with Crippen molar-refractivity contribution in [2.24, 2.45) is 5.92 Å². The third kappa shape index (κ3) is 6.91. The van der Waals surface area contributed by atoms with Crippen molar-refractivity contribution in [3.8, 4) is 11.6 Å². The highest BCUT2D eigenvalue weighted by atomic mass is 32.2. The largest absolute Gasteiger partial charge is 0.493 e. The number of hydrogen-bond donors (Lipinski definition) is 2. The van der Waals surface area contributed by atoms with E-state index in [-0.39, 0.29) is 12.0 Å². The number of nitrogens with zero attached hydrogens (tertiary/aromatic N) is 5. The number of amides is 1. The molecule has 210 valence electrons. The Balaban J connectivity index is 1.20. The zero-order valence-corrected chi connectivity index (χ0v) is 24.0. The van der Waals surface area contributed by atoms with Gasteiger partial charge in [0.15, 0.2) is 5.82 Å². The van der Waals surface area contributed by atoms with Gasteiger partial charge in [-0.15, -0.1) is 0 Å². The first kappa shape index (κ1) is 27.5. The number of aromatic nitrogens is 4. The normalized spacial score (nSPS) is 22.1. The molecule has 0 bridgehead atoms. The molecule has 10 heteroatoms. The third-order valence-corrected chi connectivity index (χ3v) is 8.83. The molecule has 0 radical (unpaired) electrons. The van der Waals surface area contributed by atoms with Crippen molar-refractivity contribution in [2.75, 3.05) is 43.6 Å². The van der Waals surface area contributed by atoms with Gasteiger partial charge >= 0.3 is 0 Å². The third-order valence-electron chi connectivity index (χ3n) is 7.56. The van der Waals surface area contributed by atoms with Gasteiger partial charge in [0.2, 0.25) is 11.9 Å². The van der Waals surface area contributed by atoms with Crippen molar-refractivity contribution < 1.29 is 9.53 Å². The molecule has 1 unspecified atom stereocenters. The lowest BCUT2D eigenvalue weighted by molar-refractivity contribution is -0.137. The summed E-state index contributed by atoms with van der Waals surface area (Å²) in [5, 5.41) is 12.5. The summed E-state index contributed by atoms with van der Waals surface area (Å²) < 4.78 is 7.91. The fourth-order valence-corrected chi connectivity index (χ4v) is 6.33. The van der Waals surface area contributed by atoms with Gasteiger partial charge in [0.1, 0.15) is 5.75 Å². The smallest absolute Gasteiger partial charge is 0.225 e. The molecule has 2 fully saturated rings. The summed E-state index contributed by atoms with van der Waals surface area (Å²) in [5.41, 5.74) is 0.934. The summed E-state index contributed by atoms with van der Waals surface area (Å²) >= 11 is 0. The van der Waals surface area contributed by atoms with Gasteiger partial charge in [0.25, 0.3) is 0 Å². The van der Waals surface area contributed by atoms with Crippen LogP contribution in [0.15, 0.2) is 36.7 Å². The average molecular weight is 552 g/mol. The number of hydrogen-bond acceptors (Lipinski definition) is 7. The van der Waals surface area contributed by atoms with E-state index in [1.165, 1.54) is 0 Å². The first-order chi connectivity index (χ1) is 18.8. The summed E-state index contributed by atoms with van der Waals surface area (Å²) in [6, 6.07) is 8.46. The Bertz CT molecular complexity index is 1400. The SMILES string of the molecule is C=S(=C)(C)CCCOc1cccc2c1cnn2-c1ccnc(NC2CCC(C(=O)N3CCNC(C)C3)CC2)n1. The molecule has 5 rings (SSSR count). The number of carbonyl (C=O) groups excluding carboxylic acids is 1. The summed E-state index contributed by atoms with van der Waals surface area (Å²) in [5.74, 6) is 11.8. The maximum Gasteiger partial charge on any atom is 0.225 e. The number of benzene rings is 1. The summed E-state index contributed by atoms with van der Waals surface area (Å²) in [4.78, 5) is 24.3. The van der Waals surface area contributed by atoms with Crippen molar-refractivity contribution in [1.29, 1.82) is 0 Å². The Hall–Kier alpha value is -3.11. The molecular formula is C29H41N7O2S. The van der Waals surface area contributed by atoms with Crippen LogP contribution < -0.4 is 15.4 Å². The van der Waals surface area contributed by atoms with E-state index in [2.05, 4.69) is 45.6 Å². The lowest BCUT2D eigenvalue weighted by Crippen LogP contribution is -2.53. The van der Waals surface area contributed by atoms with Crippen molar-refractivity contribution in [2.45, 2.75) is 51.1 Å². The molecule has 2 aliphatic rings. The maximum absolute atomic E-state index is 13.0. The Morgan fingerprint density at radius 3 is 2.82 bits per heavy atom. The van der Waals surface area contributed by atoms with Gasteiger partial charge in [0.05, 0.1) is 23.7 Å². The van der Waals surface area contributed by atoms with Gasteiger partial charge in [-0.3, -0.25) is 4.79 Å². The lowest BCUT2D eigenvalue weighted by Gasteiger charge is -2.36. The Kier molecular flexibility index (Phi) is 8.42. The summed E-state index contributed by atoms with van der Waals surface area (Å²) in [6.07, 6.45) is 10.3. The molecule has 1 aliphatic heterocycles. The quantitative estimate of drug-likeness (QED) is 0.309. The minimum Gasteiger partial charge on any atom is -0.493 e. The zero-order chi connectivity index (χ0) is 27.4. The van der Waals surface area contributed by atoms with Crippen molar-refractivity contribution in [3.05, 3.63) is 36.7 Å². The highest BCUT2D eigenvalue weighted by molar-refractivity contribution is 8.27. The van der Waals surface area contributed by atoms with Crippen LogP contribution in [0.2, 0.25) is 0 Å². The van der Waals surface area contributed by atoms with Crippen LogP contribution in [0.5, 0.6) is 5.75 Å². The topological polar surface area (TPSA) is 97.2 Å². The zero-order valence-electron chi connectivity index (χ0n) is 23.1. The molecule has 39 heavy (non-hydrogen) atoms. The van der Waals surface area contributed by atoms with Crippen LogP contribution in [-0.2, 0) is 4.79 Å². The van der Waals surface area contributed by atoms with Gasteiger partial charge in [-0.2, -0.15) is 10.1 Å². The number of carbonyl (C=O) groups is 1. The van der Waals surface area contributed by atoms with Crippen LogP contribution in [0.3, 0.4) is 0 Å². The number of rotatable bonds is 9. The molecule has 1 aliphatic carbocycles. The van der Waals surface area contributed by atoms with Crippen molar-refractivity contribution in [1.82, 2.24) is 30.0 Å². The monoisotopic (exact) mass is 551 g/mol. The standard InChI is InChI=1S/C29H41N7O2S/c1-21-20-35(16-15-30-21)28(37)22-9-11-23(12-10-22)33-29-31-14-13-27(34-29)36-25-7-5-8-26(24(25)19-32-36)38-17-6-18-39(2,3)4/h5,7-8,13-14,19,21-23,30H,2-3,6,9-12,15-18,20H2,1,4H3,(H,31,33,34). The van der Waals surface area contributed by atoms with E-state index in [9.17, 15) is 4.79 Å². The van der Waals surface area contributed by atoms with Crippen LogP contribution in [0, 0.1) is 5.92 Å². The second-order valence-electron chi connectivity index (χ2n) is 11.2. The predicted molar refractivity (Wildman–Crippen MR) is 163 cm³/mol. The first-order valence-corrected chi connectivity index (χ1v) is 16.5. The molecule has 1 amide bonds. The van der Waals surface area contributed by atoms with Crippen LogP contribution in [0.25, 0.3) is 16.7 Å². The maximum atomic E-state index is 13.0. The fraction of sp³-hybridized carbons (Fsp3) is 0.517. The van der Waals surface area contributed by atoms with Crippen LogP contribution >= 0.6 is 9.21 Å². The second-order valence-corrected chi connectivity index (χ2v) is 14.6. The van der Waals surface area contributed by atoms with E-state index >= 15 is 0 Å². The van der Waals surface area contributed by atoms with Gasteiger partial charge in [-0.25, -0.2) is 18.9 Å². The number of anilines is 1. The minimum atomic E-state index is -1.02. The molecule has 1 saturated carbocycles. The number of fused-ring (bicyclic) bond motifs is 1. The van der Waals surface area contributed by atoms with Crippen LogP contribution in [-0.4, -0.2) is 92.6 Å². The molecule has 3 aromatic rings. The molecule has 1 saturated heterocycles. The van der Waals surface area contributed by atoms with Crippen molar-refractivity contribution >= 4 is 43.7 Å². The molecule has 1 atom stereocenters. The van der Waals surface area contributed by atoms with Gasteiger partial charge in [0, 0.05) is 49.9 Å². The molecule has 9 nitrogen and oxygen atoms in total. The van der Waals surface area contributed by atoms with E-state index in [1.54, 1.807) is 6.20 Å². The number of ether oxygens (including phenoxy) is 1. The van der Waals surface area contributed by atoms with E-state index in [0.29, 0.717) is 30.3 Å². The van der Waals surface area contributed by atoms with Crippen LogP contribution in [0.4, 0.5) is 5.95 Å². The van der Waals surface area contributed by atoms with E-state index in [1.807, 2.05) is 40.0 Å². The summed E-state index contributed by atoms with van der Waals surface area (Å²) in [7, 11) is -1.02. The number of piperazine rings is 1. The fourth-order valence-electron chi connectivity index (χ4n) is 5.52. The molecule has 3 heterocycles. The Labute approximate surface area is 231 Å². The van der Waals surface area contributed by atoms with Gasteiger partial charge < -0.3 is 20.3 Å². The second kappa shape index (κ2) is 12.0. The molecule has 2 aromatic heterocycles. The van der Waals surface area contributed by atoms with Crippen LogP contribution in [0.1, 0.15) is 39.0 Å². The number of nitrogens with one attached hydrogen (secondary N) is 2.